The van der Waals surface area contributed by atoms with Crippen molar-refractivity contribution >= 4 is 5.91 Å². The highest BCUT2D eigenvalue weighted by Gasteiger charge is 2.61. The zero-order chi connectivity index (χ0) is 26.5. The summed E-state index contributed by atoms with van der Waals surface area (Å²) in [6, 6.07) is 8.91. The summed E-state index contributed by atoms with van der Waals surface area (Å²) >= 11 is 0. The molecule has 0 saturated carbocycles. The van der Waals surface area contributed by atoms with Crippen molar-refractivity contribution in [1.82, 2.24) is 14.7 Å². The van der Waals surface area contributed by atoms with Gasteiger partial charge in [-0.15, -0.1) is 0 Å². The Morgan fingerprint density at radius 3 is 2.47 bits per heavy atom. The number of alkyl halides is 3. The molecule has 0 bridgehead atoms. The van der Waals surface area contributed by atoms with E-state index >= 15 is 0 Å². The number of hydrogen-bond acceptors (Lipinski definition) is 4. The van der Waals surface area contributed by atoms with E-state index in [4.69, 9.17) is 4.74 Å². The number of aromatic nitrogens is 2. The van der Waals surface area contributed by atoms with Gasteiger partial charge in [0.1, 0.15) is 12.4 Å². The number of fused-ring (bicyclic) bond motifs is 3. The van der Waals surface area contributed by atoms with Crippen LogP contribution in [0.5, 0.6) is 5.75 Å². The first-order valence-electron chi connectivity index (χ1n) is 11.8. The molecule has 1 aliphatic carbocycles. The van der Waals surface area contributed by atoms with Crippen LogP contribution in [0.4, 0.5) is 13.2 Å². The Morgan fingerprint density at radius 1 is 1.17 bits per heavy atom. The molecule has 1 aromatic heterocycles. The summed E-state index contributed by atoms with van der Waals surface area (Å²) in [5.74, 6) is 0.124. The lowest BCUT2D eigenvalue weighted by Gasteiger charge is -2.29. The Bertz CT molecular complexity index is 1300. The van der Waals surface area contributed by atoms with Crippen molar-refractivity contribution in [1.29, 1.82) is 0 Å². The Morgan fingerprint density at radius 2 is 1.86 bits per heavy atom. The van der Waals surface area contributed by atoms with Crippen LogP contribution >= 0.6 is 0 Å². The first kappa shape index (κ1) is 25.8. The van der Waals surface area contributed by atoms with Crippen molar-refractivity contribution in [2.24, 2.45) is 12.5 Å². The number of carbonyl (C=O) groups is 1. The maximum absolute atomic E-state index is 14.4. The molecule has 1 atom stereocenters. The highest BCUT2D eigenvalue weighted by Crippen LogP contribution is 2.58. The predicted molar refractivity (Wildman–Crippen MR) is 130 cm³/mol. The molecule has 36 heavy (non-hydrogen) atoms. The summed E-state index contributed by atoms with van der Waals surface area (Å²) in [4.78, 5) is 14.2. The second-order valence-electron chi connectivity index (χ2n) is 9.86. The number of carbonyl (C=O) groups excluding carboxylic acids is 1. The van der Waals surface area contributed by atoms with E-state index in [1.807, 2.05) is 20.8 Å². The molecule has 0 spiro atoms. The molecule has 1 amide bonds. The van der Waals surface area contributed by atoms with E-state index in [0.717, 1.165) is 0 Å². The molecule has 192 valence electrons. The third-order valence-corrected chi connectivity index (χ3v) is 7.02. The van der Waals surface area contributed by atoms with Crippen LogP contribution in [-0.2, 0) is 17.4 Å². The Hall–Kier alpha value is -3.33. The zero-order valence-electron chi connectivity index (χ0n) is 21.0. The first-order chi connectivity index (χ1) is 16.8. The van der Waals surface area contributed by atoms with Gasteiger partial charge in [0, 0.05) is 42.4 Å². The van der Waals surface area contributed by atoms with E-state index in [9.17, 15) is 23.1 Å². The van der Waals surface area contributed by atoms with Gasteiger partial charge in [-0.3, -0.25) is 9.48 Å². The Labute approximate surface area is 208 Å². The SMILES string of the molecule is CCC(C)(C)C(=O)N(C)CCOc1cc(-c2cnn(C)c2)c2c(c1)C(O)(C(F)(F)F)c1ccccc1-2. The number of rotatable bonds is 7. The second-order valence-corrected chi connectivity index (χ2v) is 9.86. The summed E-state index contributed by atoms with van der Waals surface area (Å²) < 4.78 is 50.7. The lowest BCUT2D eigenvalue weighted by molar-refractivity contribution is -0.246. The van der Waals surface area contributed by atoms with E-state index in [1.165, 1.54) is 18.2 Å². The molecule has 0 radical (unpaired) electrons. The molecule has 4 rings (SSSR count). The number of hydrogen-bond donors (Lipinski definition) is 1. The van der Waals surface area contributed by atoms with Gasteiger partial charge in [-0.2, -0.15) is 18.3 Å². The molecule has 2 aromatic carbocycles. The molecule has 0 fully saturated rings. The van der Waals surface area contributed by atoms with Gasteiger partial charge in [-0.25, -0.2) is 0 Å². The zero-order valence-corrected chi connectivity index (χ0v) is 21.0. The van der Waals surface area contributed by atoms with E-state index < -0.39 is 17.2 Å². The van der Waals surface area contributed by atoms with Crippen LogP contribution in [0, 0.1) is 5.41 Å². The van der Waals surface area contributed by atoms with Crippen LogP contribution in [0.1, 0.15) is 38.3 Å². The standard InChI is InChI=1S/C27H30F3N3O3/c1-6-25(2,3)24(34)32(4)11-12-36-18-13-20(17-15-31-33(5)16-17)23-19-9-7-8-10-21(19)26(35,22(23)14-18)27(28,29)30/h7-10,13-16,35H,6,11-12H2,1-5H3. The summed E-state index contributed by atoms with van der Waals surface area (Å²) in [6.07, 6.45) is -1.02. The van der Waals surface area contributed by atoms with Crippen molar-refractivity contribution in [2.75, 3.05) is 20.2 Å². The minimum atomic E-state index is -4.96. The molecule has 6 nitrogen and oxygen atoms in total. The highest BCUT2D eigenvalue weighted by molar-refractivity contribution is 5.93. The number of aryl methyl sites for hydroxylation is 1. The Balaban J connectivity index is 1.76. The number of ether oxygens (including phenoxy) is 1. The van der Waals surface area contributed by atoms with Gasteiger partial charge >= 0.3 is 6.18 Å². The van der Waals surface area contributed by atoms with Crippen molar-refractivity contribution in [2.45, 2.75) is 39.0 Å². The van der Waals surface area contributed by atoms with E-state index in [1.54, 1.807) is 54.3 Å². The lowest BCUT2D eigenvalue weighted by Crippen LogP contribution is -2.41. The topological polar surface area (TPSA) is 67.6 Å². The predicted octanol–water partition coefficient (Wildman–Crippen LogP) is 5.14. The molecule has 3 aromatic rings. The van der Waals surface area contributed by atoms with Gasteiger partial charge in [-0.1, -0.05) is 45.0 Å². The second kappa shape index (κ2) is 8.96. The van der Waals surface area contributed by atoms with Crippen molar-refractivity contribution in [3.8, 4) is 28.0 Å². The van der Waals surface area contributed by atoms with Crippen molar-refractivity contribution < 1.29 is 27.8 Å². The van der Waals surface area contributed by atoms with Gasteiger partial charge in [-0.05, 0) is 35.2 Å². The molecule has 1 unspecified atom stereocenters. The summed E-state index contributed by atoms with van der Waals surface area (Å²) in [6.45, 7) is 5.99. The highest BCUT2D eigenvalue weighted by atomic mass is 19.4. The fourth-order valence-corrected chi connectivity index (χ4v) is 4.60. The van der Waals surface area contributed by atoms with Gasteiger partial charge in [0.15, 0.2) is 0 Å². The maximum Gasteiger partial charge on any atom is 0.425 e. The average molecular weight is 502 g/mol. The molecule has 0 saturated heterocycles. The summed E-state index contributed by atoms with van der Waals surface area (Å²) in [7, 11) is 3.39. The van der Waals surface area contributed by atoms with Crippen LogP contribution in [0.25, 0.3) is 22.3 Å². The molecule has 9 heteroatoms. The van der Waals surface area contributed by atoms with E-state index in [-0.39, 0.29) is 35.9 Å². The maximum atomic E-state index is 14.4. The first-order valence-corrected chi connectivity index (χ1v) is 11.8. The van der Waals surface area contributed by atoms with Gasteiger partial charge < -0.3 is 14.7 Å². The molecular weight excluding hydrogens is 471 g/mol. The minimum absolute atomic E-state index is 0.0412. The van der Waals surface area contributed by atoms with Gasteiger partial charge in [0.25, 0.3) is 0 Å². The average Bonchev–Trinajstić information content (AvgIpc) is 3.38. The minimum Gasteiger partial charge on any atom is -0.492 e. The quantitative estimate of drug-likeness (QED) is 0.487. The molecular formula is C27H30F3N3O3. The van der Waals surface area contributed by atoms with Gasteiger partial charge in [0.2, 0.25) is 11.5 Å². The van der Waals surface area contributed by atoms with Crippen LogP contribution in [0.15, 0.2) is 48.8 Å². The molecule has 1 aliphatic rings. The number of likely N-dealkylation sites (N-methyl/N-ethyl adjacent to an activating group) is 1. The summed E-state index contributed by atoms with van der Waals surface area (Å²) in [5.41, 5.74) is -2.55. The van der Waals surface area contributed by atoms with E-state index in [2.05, 4.69) is 5.10 Å². The number of benzene rings is 2. The number of amides is 1. The van der Waals surface area contributed by atoms with Gasteiger partial charge in [0.05, 0.1) is 12.7 Å². The van der Waals surface area contributed by atoms with Crippen LogP contribution in [-0.4, -0.2) is 52.1 Å². The Kier molecular flexibility index (Phi) is 6.41. The van der Waals surface area contributed by atoms with Crippen LogP contribution < -0.4 is 4.74 Å². The number of halogens is 3. The van der Waals surface area contributed by atoms with Crippen LogP contribution in [0.2, 0.25) is 0 Å². The molecule has 1 N–H and O–H groups in total. The number of nitrogens with zero attached hydrogens (tertiary/aromatic N) is 3. The monoisotopic (exact) mass is 501 g/mol. The third kappa shape index (κ3) is 4.15. The third-order valence-electron chi connectivity index (χ3n) is 7.02. The van der Waals surface area contributed by atoms with Crippen LogP contribution in [0.3, 0.4) is 0 Å². The summed E-state index contributed by atoms with van der Waals surface area (Å²) in [5, 5.41) is 15.4. The van der Waals surface area contributed by atoms with Crippen molar-refractivity contribution in [3.05, 3.63) is 59.9 Å². The fraction of sp³-hybridized carbons (Fsp3) is 0.407. The smallest absolute Gasteiger partial charge is 0.425 e. The van der Waals surface area contributed by atoms with Crippen molar-refractivity contribution in [3.63, 3.8) is 0 Å². The fourth-order valence-electron chi connectivity index (χ4n) is 4.60. The number of aliphatic hydroxyl groups is 1. The molecule has 1 heterocycles. The van der Waals surface area contributed by atoms with E-state index in [0.29, 0.717) is 28.7 Å². The normalized spacial score (nSPS) is 17.0. The lowest BCUT2D eigenvalue weighted by atomic mass is 9.89. The largest absolute Gasteiger partial charge is 0.492 e. The molecule has 0 aliphatic heterocycles.